The first-order valence-corrected chi connectivity index (χ1v) is 6.50. The topological polar surface area (TPSA) is 116 Å². The summed E-state index contributed by atoms with van der Waals surface area (Å²) < 4.78 is 4.02. The van der Waals surface area contributed by atoms with Crippen LogP contribution in [0.1, 0.15) is 0 Å². The van der Waals surface area contributed by atoms with Crippen molar-refractivity contribution in [2.24, 2.45) is 0 Å². The molecule has 0 bridgehead atoms. The normalized spacial score (nSPS) is 11.4. The average Bonchev–Trinajstić information content (AvgIpc) is 2.99. The molecule has 8 nitrogen and oxygen atoms in total. The molecular weight excluding hydrogens is 288 g/mol. The summed E-state index contributed by atoms with van der Waals surface area (Å²) in [6.07, 6.45) is 3.00. The molecule has 0 aliphatic carbocycles. The van der Waals surface area contributed by atoms with E-state index in [1.165, 1.54) is 6.33 Å². The molecule has 0 saturated heterocycles. The number of anilines is 2. The van der Waals surface area contributed by atoms with Crippen molar-refractivity contribution in [3.8, 4) is 0 Å². The van der Waals surface area contributed by atoms with Gasteiger partial charge in [-0.2, -0.15) is 0 Å². The molecule has 21 heavy (non-hydrogen) atoms. The van der Waals surface area contributed by atoms with Crippen LogP contribution in [0.5, 0.6) is 0 Å². The zero-order valence-corrected chi connectivity index (χ0v) is 11.5. The Hall–Kier alpha value is -2.94. The first kappa shape index (κ1) is 11.9. The summed E-state index contributed by atoms with van der Waals surface area (Å²) in [6.45, 7) is 0. The molecule has 0 fully saturated rings. The second-order valence-corrected chi connectivity index (χ2v) is 4.93. The van der Waals surface area contributed by atoms with E-state index in [1.807, 2.05) is 18.2 Å². The monoisotopic (exact) mass is 298 g/mol. The number of nitrogens with one attached hydrogen (secondary N) is 1. The number of imidazole rings is 2. The highest BCUT2D eigenvalue weighted by atomic mass is 32.1. The van der Waals surface area contributed by atoms with Gasteiger partial charge in [0.1, 0.15) is 12.7 Å². The summed E-state index contributed by atoms with van der Waals surface area (Å²) in [6, 6.07) is 5.52. The van der Waals surface area contributed by atoms with E-state index in [0.29, 0.717) is 27.4 Å². The maximum absolute atomic E-state index is 5.81. The average molecular weight is 298 g/mol. The molecule has 0 amide bonds. The third kappa shape index (κ3) is 1.61. The van der Waals surface area contributed by atoms with Gasteiger partial charge >= 0.3 is 0 Å². The summed E-state index contributed by atoms with van der Waals surface area (Å²) in [5.74, 6) is 0.328. The summed E-state index contributed by atoms with van der Waals surface area (Å²) in [7, 11) is 0. The highest BCUT2D eigenvalue weighted by molar-refractivity contribution is 7.71. The lowest BCUT2D eigenvalue weighted by Gasteiger charge is -2.06. The number of H-pyrrole nitrogens is 1. The minimum Gasteiger partial charge on any atom is -0.399 e. The Morgan fingerprint density at radius 3 is 2.86 bits per heavy atom. The van der Waals surface area contributed by atoms with E-state index in [-0.39, 0.29) is 0 Å². The van der Waals surface area contributed by atoms with Crippen LogP contribution in [-0.2, 0) is 0 Å². The summed E-state index contributed by atoms with van der Waals surface area (Å²) >= 11 is 5.38. The van der Waals surface area contributed by atoms with Crippen LogP contribution in [0.15, 0.2) is 30.9 Å². The lowest BCUT2D eigenvalue weighted by atomic mass is 10.3. The molecule has 0 aliphatic rings. The minimum atomic E-state index is 0.328. The highest BCUT2D eigenvalue weighted by Crippen LogP contribution is 2.20. The molecule has 0 saturated carbocycles. The van der Waals surface area contributed by atoms with Crippen LogP contribution in [0, 0.1) is 4.77 Å². The number of nitrogens with zero attached hydrogens (tertiary/aromatic N) is 5. The van der Waals surface area contributed by atoms with Gasteiger partial charge < -0.3 is 16.5 Å². The molecule has 9 heteroatoms. The maximum Gasteiger partial charge on any atom is 0.197 e. The van der Waals surface area contributed by atoms with Gasteiger partial charge in [-0.15, -0.1) is 0 Å². The number of fused-ring (bicyclic) bond motifs is 2. The fourth-order valence-corrected chi connectivity index (χ4v) is 2.61. The number of hydrogen-bond donors (Lipinski definition) is 3. The van der Waals surface area contributed by atoms with Gasteiger partial charge in [0.2, 0.25) is 0 Å². The Bertz CT molecular complexity index is 1040. The zero-order chi connectivity index (χ0) is 14.6. The number of nitrogen functional groups attached to an aromatic ring is 2. The number of nitrogens with two attached hydrogens (primary N) is 2. The molecular formula is C12H10N8S. The van der Waals surface area contributed by atoms with Gasteiger partial charge in [0.05, 0.1) is 11.0 Å². The van der Waals surface area contributed by atoms with E-state index < -0.39 is 0 Å². The fraction of sp³-hybridized carbons (Fsp3) is 0. The molecule has 104 valence electrons. The highest BCUT2D eigenvalue weighted by Gasteiger charge is 2.12. The van der Waals surface area contributed by atoms with E-state index in [0.717, 1.165) is 11.0 Å². The predicted octanol–water partition coefficient (Wildman–Crippen LogP) is 1.31. The SMILES string of the molecule is Nc1ccc2c(c1)[nH]c(=S)n2-n1cnc2c(N)ncnc21. The Morgan fingerprint density at radius 2 is 2.00 bits per heavy atom. The van der Waals surface area contributed by atoms with Gasteiger partial charge in [0.25, 0.3) is 0 Å². The van der Waals surface area contributed by atoms with Crippen LogP contribution in [0.25, 0.3) is 22.2 Å². The van der Waals surface area contributed by atoms with Crippen molar-refractivity contribution in [1.29, 1.82) is 0 Å². The van der Waals surface area contributed by atoms with Gasteiger partial charge in [0, 0.05) is 5.69 Å². The van der Waals surface area contributed by atoms with Crippen molar-refractivity contribution in [3.05, 3.63) is 35.6 Å². The smallest absolute Gasteiger partial charge is 0.197 e. The van der Waals surface area contributed by atoms with E-state index in [4.69, 9.17) is 23.7 Å². The first-order chi connectivity index (χ1) is 10.1. The molecule has 3 aromatic heterocycles. The predicted molar refractivity (Wildman–Crippen MR) is 82.1 cm³/mol. The molecule has 0 atom stereocenters. The van der Waals surface area contributed by atoms with E-state index in [1.54, 1.807) is 15.7 Å². The summed E-state index contributed by atoms with van der Waals surface area (Å²) in [4.78, 5) is 15.5. The molecule has 0 aliphatic heterocycles. The molecule has 4 rings (SSSR count). The van der Waals surface area contributed by atoms with Crippen molar-refractivity contribution in [3.63, 3.8) is 0 Å². The third-order valence-corrected chi connectivity index (χ3v) is 3.52. The number of aromatic nitrogens is 6. The van der Waals surface area contributed by atoms with Crippen molar-refractivity contribution in [2.45, 2.75) is 0 Å². The lowest BCUT2D eigenvalue weighted by Crippen LogP contribution is -2.08. The van der Waals surface area contributed by atoms with Crippen LogP contribution in [0.4, 0.5) is 11.5 Å². The van der Waals surface area contributed by atoms with Gasteiger partial charge in [-0.1, -0.05) is 0 Å². The second-order valence-electron chi connectivity index (χ2n) is 4.54. The Labute approximate surface area is 123 Å². The molecule has 0 radical (unpaired) electrons. The van der Waals surface area contributed by atoms with Crippen molar-refractivity contribution >= 4 is 45.9 Å². The van der Waals surface area contributed by atoms with Crippen LogP contribution < -0.4 is 11.5 Å². The van der Waals surface area contributed by atoms with Gasteiger partial charge in [0.15, 0.2) is 21.8 Å². The molecule has 3 heterocycles. The van der Waals surface area contributed by atoms with Crippen LogP contribution in [0.3, 0.4) is 0 Å². The van der Waals surface area contributed by atoms with Crippen molar-refractivity contribution in [2.75, 3.05) is 11.5 Å². The number of aromatic amines is 1. The number of rotatable bonds is 1. The van der Waals surface area contributed by atoms with Crippen LogP contribution >= 0.6 is 12.2 Å². The lowest BCUT2D eigenvalue weighted by molar-refractivity contribution is 0.684. The summed E-state index contributed by atoms with van der Waals surface area (Å²) in [5, 5.41) is 0. The van der Waals surface area contributed by atoms with E-state index in [9.17, 15) is 0 Å². The van der Waals surface area contributed by atoms with Crippen LogP contribution in [0.2, 0.25) is 0 Å². The van der Waals surface area contributed by atoms with Crippen molar-refractivity contribution < 1.29 is 0 Å². The molecule has 5 N–H and O–H groups in total. The van der Waals surface area contributed by atoms with E-state index >= 15 is 0 Å². The first-order valence-electron chi connectivity index (χ1n) is 6.09. The van der Waals surface area contributed by atoms with Gasteiger partial charge in [-0.3, -0.25) is 0 Å². The molecule has 0 unspecified atom stereocenters. The quantitative estimate of drug-likeness (QED) is 0.360. The fourth-order valence-electron chi connectivity index (χ4n) is 2.32. The molecule has 0 spiro atoms. The zero-order valence-electron chi connectivity index (χ0n) is 10.7. The maximum atomic E-state index is 5.81. The second kappa shape index (κ2) is 4.03. The largest absolute Gasteiger partial charge is 0.399 e. The third-order valence-electron chi connectivity index (χ3n) is 3.24. The van der Waals surface area contributed by atoms with Gasteiger partial charge in [-0.05, 0) is 30.4 Å². The minimum absolute atomic E-state index is 0.328. The Morgan fingerprint density at radius 1 is 1.14 bits per heavy atom. The van der Waals surface area contributed by atoms with Gasteiger partial charge in [-0.25, -0.2) is 24.3 Å². The number of benzene rings is 1. The number of hydrogen-bond acceptors (Lipinski definition) is 6. The van der Waals surface area contributed by atoms with Crippen LogP contribution in [-0.4, -0.2) is 29.3 Å². The van der Waals surface area contributed by atoms with Crippen molar-refractivity contribution in [1.82, 2.24) is 29.3 Å². The molecule has 4 aromatic rings. The Balaban J connectivity index is 2.12. The van der Waals surface area contributed by atoms with E-state index in [2.05, 4.69) is 19.9 Å². The Kier molecular flexibility index (Phi) is 2.27. The molecule has 1 aromatic carbocycles. The standard InChI is InChI=1S/C12H10N8S/c13-6-1-2-8-7(3-6)18-12(21)20(8)19-5-17-9-10(14)15-4-16-11(9)19/h1-5H,13H2,(H,18,21)(H2,14,15,16). The summed E-state index contributed by atoms with van der Waals surface area (Å²) in [5.41, 5.74) is 15.1.